The Balaban J connectivity index is 1.63. The first kappa shape index (κ1) is 15.2. The van der Waals surface area contributed by atoms with Gasteiger partial charge in [-0.2, -0.15) is 0 Å². The molecule has 24 heavy (non-hydrogen) atoms. The van der Waals surface area contributed by atoms with Gasteiger partial charge < -0.3 is 14.0 Å². The summed E-state index contributed by atoms with van der Waals surface area (Å²) < 4.78 is 13.3. The SMILES string of the molecule is C(=C\c1cc2ccccc2n1Cc1ccccc1)/CC1OCCO1. The van der Waals surface area contributed by atoms with Crippen molar-refractivity contribution >= 4 is 17.0 Å². The number of para-hydroxylation sites is 1. The molecule has 1 aliphatic rings. The Hall–Kier alpha value is -2.36. The zero-order valence-corrected chi connectivity index (χ0v) is 13.6. The largest absolute Gasteiger partial charge is 0.350 e. The summed E-state index contributed by atoms with van der Waals surface area (Å²) in [5.41, 5.74) is 3.77. The van der Waals surface area contributed by atoms with Gasteiger partial charge in [-0.15, -0.1) is 0 Å². The van der Waals surface area contributed by atoms with E-state index in [2.05, 4.69) is 77.4 Å². The molecule has 1 fully saturated rings. The normalized spacial score (nSPS) is 15.7. The molecule has 0 radical (unpaired) electrons. The maximum atomic E-state index is 5.50. The lowest BCUT2D eigenvalue weighted by molar-refractivity contribution is -0.0379. The zero-order valence-electron chi connectivity index (χ0n) is 13.6. The highest BCUT2D eigenvalue weighted by Gasteiger charge is 2.13. The first-order valence-corrected chi connectivity index (χ1v) is 8.42. The topological polar surface area (TPSA) is 23.4 Å². The highest BCUT2D eigenvalue weighted by molar-refractivity contribution is 5.83. The Morgan fingerprint density at radius 2 is 1.71 bits per heavy atom. The minimum absolute atomic E-state index is 0.0896. The quantitative estimate of drug-likeness (QED) is 0.693. The highest BCUT2D eigenvalue weighted by atomic mass is 16.7. The van der Waals surface area contributed by atoms with Gasteiger partial charge in [0.1, 0.15) is 0 Å². The minimum Gasteiger partial charge on any atom is -0.350 e. The van der Waals surface area contributed by atoms with Gasteiger partial charge in [-0.25, -0.2) is 0 Å². The second kappa shape index (κ2) is 7.04. The molecule has 0 spiro atoms. The van der Waals surface area contributed by atoms with Gasteiger partial charge in [0.15, 0.2) is 6.29 Å². The maximum Gasteiger partial charge on any atom is 0.161 e. The third-order valence-electron chi connectivity index (χ3n) is 4.33. The van der Waals surface area contributed by atoms with Crippen molar-refractivity contribution < 1.29 is 9.47 Å². The lowest BCUT2D eigenvalue weighted by atomic mass is 10.2. The molecule has 0 bridgehead atoms. The van der Waals surface area contributed by atoms with Crippen molar-refractivity contribution in [3.8, 4) is 0 Å². The average Bonchev–Trinajstić information content (AvgIpc) is 3.25. The molecule has 0 aliphatic carbocycles. The molecule has 0 saturated carbocycles. The van der Waals surface area contributed by atoms with Crippen LogP contribution in [0.4, 0.5) is 0 Å². The lowest BCUT2D eigenvalue weighted by Gasteiger charge is -2.09. The number of hydrogen-bond acceptors (Lipinski definition) is 2. The van der Waals surface area contributed by atoms with E-state index in [1.807, 2.05) is 0 Å². The van der Waals surface area contributed by atoms with E-state index in [1.165, 1.54) is 22.2 Å². The van der Waals surface area contributed by atoms with Crippen molar-refractivity contribution in [3.05, 3.63) is 78.0 Å². The van der Waals surface area contributed by atoms with Crippen molar-refractivity contribution in [1.82, 2.24) is 4.57 Å². The van der Waals surface area contributed by atoms with E-state index in [4.69, 9.17) is 9.47 Å². The summed E-state index contributed by atoms with van der Waals surface area (Å²) in [6.07, 6.45) is 5.01. The molecule has 3 nitrogen and oxygen atoms in total. The van der Waals surface area contributed by atoms with E-state index in [1.54, 1.807) is 0 Å². The summed E-state index contributed by atoms with van der Waals surface area (Å²) in [5.74, 6) is 0. The molecule has 122 valence electrons. The molecule has 3 aromatic rings. The number of ether oxygens (including phenoxy) is 2. The Morgan fingerprint density at radius 3 is 2.54 bits per heavy atom. The number of fused-ring (bicyclic) bond motifs is 1. The molecule has 1 aliphatic heterocycles. The molecule has 2 aromatic carbocycles. The van der Waals surface area contributed by atoms with Gasteiger partial charge in [0, 0.05) is 29.6 Å². The molecule has 0 amide bonds. The van der Waals surface area contributed by atoms with E-state index >= 15 is 0 Å². The first-order valence-electron chi connectivity index (χ1n) is 8.42. The molecule has 0 atom stereocenters. The van der Waals surface area contributed by atoms with E-state index in [0.29, 0.717) is 13.2 Å². The van der Waals surface area contributed by atoms with Crippen molar-refractivity contribution in [1.29, 1.82) is 0 Å². The second-order valence-corrected chi connectivity index (χ2v) is 6.01. The molecule has 3 heteroatoms. The summed E-state index contributed by atoms with van der Waals surface area (Å²) in [7, 11) is 0. The molecule has 0 N–H and O–H groups in total. The van der Waals surface area contributed by atoms with Crippen LogP contribution < -0.4 is 0 Å². The molecule has 4 rings (SSSR count). The van der Waals surface area contributed by atoms with E-state index < -0.39 is 0 Å². The number of nitrogens with zero attached hydrogens (tertiary/aromatic N) is 1. The zero-order chi connectivity index (χ0) is 16.2. The summed E-state index contributed by atoms with van der Waals surface area (Å²) in [6, 6.07) is 21.3. The molecule has 0 unspecified atom stereocenters. The van der Waals surface area contributed by atoms with Crippen LogP contribution in [0.15, 0.2) is 66.7 Å². The van der Waals surface area contributed by atoms with Crippen LogP contribution in [-0.2, 0) is 16.0 Å². The van der Waals surface area contributed by atoms with Gasteiger partial charge >= 0.3 is 0 Å². The van der Waals surface area contributed by atoms with Crippen LogP contribution in [0.1, 0.15) is 17.7 Å². The number of rotatable bonds is 5. The molecular weight excluding hydrogens is 298 g/mol. The fourth-order valence-electron chi connectivity index (χ4n) is 3.16. The molecule has 1 aromatic heterocycles. The van der Waals surface area contributed by atoms with E-state index in [9.17, 15) is 0 Å². The van der Waals surface area contributed by atoms with Crippen LogP contribution in [0.3, 0.4) is 0 Å². The first-order chi connectivity index (χ1) is 11.9. The van der Waals surface area contributed by atoms with Crippen LogP contribution >= 0.6 is 0 Å². The summed E-state index contributed by atoms with van der Waals surface area (Å²) in [5, 5.41) is 1.27. The molecule has 2 heterocycles. The highest BCUT2D eigenvalue weighted by Crippen LogP contribution is 2.23. The Labute approximate surface area is 142 Å². The number of benzene rings is 2. The van der Waals surface area contributed by atoms with Crippen LogP contribution in [0, 0.1) is 0 Å². The van der Waals surface area contributed by atoms with Crippen LogP contribution in [0.5, 0.6) is 0 Å². The van der Waals surface area contributed by atoms with Gasteiger partial charge in [0.2, 0.25) is 0 Å². The van der Waals surface area contributed by atoms with Crippen LogP contribution in [0.2, 0.25) is 0 Å². The van der Waals surface area contributed by atoms with Gasteiger partial charge in [0.25, 0.3) is 0 Å². The molecular formula is C21H21NO2. The van der Waals surface area contributed by atoms with Gasteiger partial charge in [-0.05, 0) is 23.8 Å². The molecule has 1 saturated heterocycles. The van der Waals surface area contributed by atoms with Gasteiger partial charge in [-0.1, -0.05) is 54.6 Å². The maximum absolute atomic E-state index is 5.50. The summed E-state index contributed by atoms with van der Waals surface area (Å²) in [6.45, 7) is 2.27. The summed E-state index contributed by atoms with van der Waals surface area (Å²) in [4.78, 5) is 0. The van der Waals surface area contributed by atoms with E-state index in [-0.39, 0.29) is 6.29 Å². The predicted octanol–water partition coefficient (Wildman–Crippen LogP) is 4.47. The van der Waals surface area contributed by atoms with E-state index in [0.717, 1.165) is 13.0 Å². The Kier molecular flexibility index (Phi) is 4.45. The van der Waals surface area contributed by atoms with Crippen molar-refractivity contribution in [2.75, 3.05) is 13.2 Å². The minimum atomic E-state index is -0.0896. The fourth-order valence-corrected chi connectivity index (χ4v) is 3.16. The van der Waals surface area contributed by atoms with Crippen molar-refractivity contribution in [2.24, 2.45) is 0 Å². The third-order valence-corrected chi connectivity index (χ3v) is 4.33. The predicted molar refractivity (Wildman–Crippen MR) is 96.8 cm³/mol. The third kappa shape index (κ3) is 3.28. The number of hydrogen-bond donors (Lipinski definition) is 0. The average molecular weight is 319 g/mol. The monoisotopic (exact) mass is 319 g/mol. The standard InChI is InChI=1S/C21H21NO2/c1-2-7-17(8-3-1)16-22-19(10-6-12-21-23-13-14-24-21)15-18-9-4-5-11-20(18)22/h1-11,15,21H,12-14,16H2/b10-6+. The Morgan fingerprint density at radius 1 is 0.958 bits per heavy atom. The van der Waals surface area contributed by atoms with Crippen molar-refractivity contribution in [3.63, 3.8) is 0 Å². The fraction of sp³-hybridized carbons (Fsp3) is 0.238. The Bertz CT molecular complexity index is 829. The van der Waals surface area contributed by atoms with Crippen LogP contribution in [0.25, 0.3) is 17.0 Å². The van der Waals surface area contributed by atoms with Gasteiger partial charge in [0.05, 0.1) is 13.2 Å². The van der Waals surface area contributed by atoms with Crippen LogP contribution in [-0.4, -0.2) is 24.1 Å². The smallest absolute Gasteiger partial charge is 0.161 e. The number of aromatic nitrogens is 1. The van der Waals surface area contributed by atoms with Gasteiger partial charge in [-0.3, -0.25) is 0 Å². The summed E-state index contributed by atoms with van der Waals surface area (Å²) >= 11 is 0. The van der Waals surface area contributed by atoms with Crippen molar-refractivity contribution in [2.45, 2.75) is 19.3 Å². The lowest BCUT2D eigenvalue weighted by Crippen LogP contribution is -2.05. The second-order valence-electron chi connectivity index (χ2n) is 6.01.